The minimum absolute atomic E-state index is 0.0870. The standard InChI is InChI=1S/C15H16Br2N2O2/c1-9(18)3-10-4-11(8-19-7-10)21-15-6-12(16)14(20-2)5-13(15)17/h4-9H,3,18H2,1-2H3. The molecule has 2 rings (SSSR count). The van der Waals surface area contributed by atoms with Crippen molar-refractivity contribution in [1.82, 2.24) is 4.98 Å². The Hall–Kier alpha value is -1.11. The van der Waals surface area contributed by atoms with Crippen molar-refractivity contribution in [2.75, 3.05) is 7.11 Å². The monoisotopic (exact) mass is 414 g/mol. The minimum Gasteiger partial charge on any atom is -0.496 e. The van der Waals surface area contributed by atoms with Crippen molar-refractivity contribution in [3.05, 3.63) is 45.1 Å². The van der Waals surface area contributed by atoms with Crippen LogP contribution in [0.5, 0.6) is 17.2 Å². The number of nitrogens with two attached hydrogens (primary N) is 1. The predicted octanol–water partition coefficient (Wildman–Crippen LogP) is 4.30. The number of aromatic nitrogens is 1. The normalized spacial score (nSPS) is 12.0. The van der Waals surface area contributed by atoms with E-state index in [-0.39, 0.29) is 6.04 Å². The van der Waals surface area contributed by atoms with Crippen molar-refractivity contribution in [3.8, 4) is 17.2 Å². The highest BCUT2D eigenvalue weighted by Gasteiger charge is 2.10. The molecule has 1 unspecified atom stereocenters. The van der Waals surface area contributed by atoms with Gasteiger partial charge in [-0.1, -0.05) is 0 Å². The third-order valence-electron chi connectivity index (χ3n) is 2.76. The Morgan fingerprint density at radius 2 is 1.81 bits per heavy atom. The van der Waals surface area contributed by atoms with Gasteiger partial charge in [-0.2, -0.15) is 0 Å². The molecule has 2 N–H and O–H groups in total. The van der Waals surface area contributed by atoms with Gasteiger partial charge >= 0.3 is 0 Å². The Labute approximate surface area is 140 Å². The number of pyridine rings is 1. The van der Waals surface area contributed by atoms with Crippen molar-refractivity contribution in [1.29, 1.82) is 0 Å². The van der Waals surface area contributed by atoms with Crippen LogP contribution < -0.4 is 15.2 Å². The molecule has 0 saturated heterocycles. The molecule has 1 atom stereocenters. The van der Waals surface area contributed by atoms with E-state index < -0.39 is 0 Å². The van der Waals surface area contributed by atoms with Gasteiger partial charge in [0.2, 0.25) is 0 Å². The van der Waals surface area contributed by atoms with E-state index in [1.165, 1.54) is 0 Å². The van der Waals surface area contributed by atoms with Crippen LogP contribution in [0.25, 0.3) is 0 Å². The molecule has 4 nitrogen and oxygen atoms in total. The lowest BCUT2D eigenvalue weighted by atomic mass is 10.1. The van der Waals surface area contributed by atoms with E-state index in [1.54, 1.807) is 19.5 Å². The summed E-state index contributed by atoms with van der Waals surface area (Å²) >= 11 is 6.92. The van der Waals surface area contributed by atoms with Gasteiger partial charge in [0.1, 0.15) is 17.2 Å². The Kier molecular flexibility index (Phi) is 5.61. The number of halogens is 2. The molecule has 0 aliphatic heterocycles. The molecule has 0 saturated carbocycles. The summed E-state index contributed by atoms with van der Waals surface area (Å²) in [6.45, 7) is 1.96. The first-order valence-electron chi connectivity index (χ1n) is 6.40. The van der Waals surface area contributed by atoms with Crippen LogP contribution in [0.4, 0.5) is 0 Å². The number of ether oxygens (including phenoxy) is 2. The Morgan fingerprint density at radius 1 is 1.14 bits per heavy atom. The second-order valence-corrected chi connectivity index (χ2v) is 6.44. The van der Waals surface area contributed by atoms with Gasteiger partial charge in [0.15, 0.2) is 0 Å². The van der Waals surface area contributed by atoms with Crippen LogP contribution in [0.2, 0.25) is 0 Å². The van der Waals surface area contributed by atoms with E-state index in [9.17, 15) is 0 Å². The van der Waals surface area contributed by atoms with Crippen LogP contribution in [0, 0.1) is 0 Å². The lowest BCUT2D eigenvalue weighted by Crippen LogP contribution is -2.17. The Balaban J connectivity index is 2.24. The zero-order valence-electron chi connectivity index (χ0n) is 11.8. The summed E-state index contributed by atoms with van der Waals surface area (Å²) in [4.78, 5) is 4.19. The molecular formula is C15H16Br2N2O2. The number of methoxy groups -OCH3 is 1. The first-order chi connectivity index (χ1) is 9.99. The smallest absolute Gasteiger partial charge is 0.146 e. The van der Waals surface area contributed by atoms with Crippen LogP contribution in [-0.4, -0.2) is 18.1 Å². The summed E-state index contributed by atoms with van der Waals surface area (Å²) in [6.07, 6.45) is 4.24. The molecule has 1 aromatic heterocycles. The maximum atomic E-state index is 5.88. The average Bonchev–Trinajstić information content (AvgIpc) is 2.42. The molecule has 0 aliphatic carbocycles. The molecule has 1 aromatic carbocycles. The molecule has 112 valence electrons. The number of hydrogen-bond acceptors (Lipinski definition) is 4. The molecule has 2 aromatic rings. The molecule has 0 amide bonds. The van der Waals surface area contributed by atoms with Gasteiger partial charge < -0.3 is 15.2 Å². The SMILES string of the molecule is COc1cc(Br)c(Oc2cncc(CC(C)N)c2)cc1Br. The molecule has 0 aliphatic rings. The molecule has 0 spiro atoms. The number of benzene rings is 1. The first-order valence-corrected chi connectivity index (χ1v) is 7.98. The maximum absolute atomic E-state index is 5.88. The number of rotatable bonds is 5. The lowest BCUT2D eigenvalue weighted by molar-refractivity contribution is 0.409. The van der Waals surface area contributed by atoms with Crippen molar-refractivity contribution >= 4 is 31.9 Å². The quantitative estimate of drug-likeness (QED) is 0.790. The summed E-state index contributed by atoms with van der Waals surface area (Å²) in [5.41, 5.74) is 6.85. The van der Waals surface area contributed by atoms with Crippen molar-refractivity contribution in [2.45, 2.75) is 19.4 Å². The number of nitrogens with zero attached hydrogens (tertiary/aromatic N) is 1. The fourth-order valence-electron chi connectivity index (χ4n) is 1.87. The minimum atomic E-state index is 0.0870. The second-order valence-electron chi connectivity index (χ2n) is 4.73. The van der Waals surface area contributed by atoms with Gasteiger partial charge in [-0.3, -0.25) is 4.98 Å². The van der Waals surface area contributed by atoms with Gasteiger partial charge in [0, 0.05) is 12.2 Å². The summed E-state index contributed by atoms with van der Waals surface area (Å²) in [5, 5.41) is 0. The van der Waals surface area contributed by atoms with Crippen LogP contribution in [0.1, 0.15) is 12.5 Å². The largest absolute Gasteiger partial charge is 0.496 e. The topological polar surface area (TPSA) is 57.4 Å². The Bertz CT molecular complexity index is 633. The highest BCUT2D eigenvalue weighted by atomic mass is 79.9. The van der Waals surface area contributed by atoms with Gasteiger partial charge in [-0.15, -0.1) is 0 Å². The highest BCUT2D eigenvalue weighted by Crippen LogP contribution is 2.38. The summed E-state index contributed by atoms with van der Waals surface area (Å²) in [6, 6.07) is 5.73. The highest BCUT2D eigenvalue weighted by molar-refractivity contribution is 9.11. The van der Waals surface area contributed by atoms with E-state index in [4.69, 9.17) is 15.2 Å². The third kappa shape index (κ3) is 4.43. The van der Waals surface area contributed by atoms with Crippen LogP contribution in [-0.2, 0) is 6.42 Å². The van der Waals surface area contributed by atoms with E-state index in [0.717, 1.165) is 26.7 Å². The summed E-state index contributed by atoms with van der Waals surface area (Å²) < 4.78 is 12.7. The molecule has 0 bridgehead atoms. The van der Waals surface area contributed by atoms with Gasteiger partial charge in [0.05, 0.1) is 22.3 Å². The fourth-order valence-corrected chi connectivity index (χ4v) is 2.76. The van der Waals surface area contributed by atoms with Gasteiger partial charge in [-0.25, -0.2) is 0 Å². The van der Waals surface area contributed by atoms with Gasteiger partial charge in [-0.05, 0) is 69.0 Å². The Morgan fingerprint density at radius 3 is 2.48 bits per heavy atom. The van der Waals surface area contributed by atoms with E-state index in [0.29, 0.717) is 11.5 Å². The third-order valence-corrected chi connectivity index (χ3v) is 4.00. The van der Waals surface area contributed by atoms with Crippen LogP contribution in [0.15, 0.2) is 39.5 Å². The molecule has 0 radical (unpaired) electrons. The second kappa shape index (κ2) is 7.24. The van der Waals surface area contributed by atoms with Crippen molar-refractivity contribution in [3.63, 3.8) is 0 Å². The molecule has 1 heterocycles. The van der Waals surface area contributed by atoms with E-state index in [1.807, 2.05) is 25.1 Å². The van der Waals surface area contributed by atoms with Crippen molar-refractivity contribution in [2.24, 2.45) is 5.73 Å². The molecular weight excluding hydrogens is 400 g/mol. The zero-order valence-corrected chi connectivity index (χ0v) is 14.9. The number of hydrogen-bond donors (Lipinski definition) is 1. The summed E-state index contributed by atoms with van der Waals surface area (Å²) in [7, 11) is 1.62. The summed E-state index contributed by atoms with van der Waals surface area (Å²) in [5.74, 6) is 2.09. The molecule has 6 heteroatoms. The van der Waals surface area contributed by atoms with Crippen LogP contribution >= 0.6 is 31.9 Å². The fraction of sp³-hybridized carbons (Fsp3) is 0.267. The first kappa shape index (κ1) is 16.3. The van der Waals surface area contributed by atoms with E-state index in [2.05, 4.69) is 36.8 Å². The predicted molar refractivity (Wildman–Crippen MR) is 90.1 cm³/mol. The average molecular weight is 416 g/mol. The van der Waals surface area contributed by atoms with Crippen molar-refractivity contribution < 1.29 is 9.47 Å². The maximum Gasteiger partial charge on any atom is 0.146 e. The molecule has 21 heavy (non-hydrogen) atoms. The van der Waals surface area contributed by atoms with E-state index >= 15 is 0 Å². The van der Waals surface area contributed by atoms with Gasteiger partial charge in [0.25, 0.3) is 0 Å². The molecule has 0 fully saturated rings. The van der Waals surface area contributed by atoms with Crippen LogP contribution in [0.3, 0.4) is 0 Å². The zero-order chi connectivity index (χ0) is 15.4. The lowest BCUT2D eigenvalue weighted by Gasteiger charge is -2.12.